The number of nitrogens with one attached hydrogen (secondary N) is 2. The Bertz CT molecular complexity index is 386. The fraction of sp³-hybridized carbons (Fsp3) is 0.667. The van der Waals surface area contributed by atoms with E-state index in [4.69, 9.17) is 4.42 Å². The molecular formula is C15H25N3O2. The third kappa shape index (κ3) is 4.65. The summed E-state index contributed by atoms with van der Waals surface area (Å²) in [7, 11) is 0. The fourth-order valence-electron chi connectivity index (χ4n) is 2.66. The molecule has 1 aromatic heterocycles. The number of rotatable bonds is 7. The van der Waals surface area contributed by atoms with Gasteiger partial charge in [-0.25, -0.2) is 0 Å². The molecule has 1 saturated heterocycles. The van der Waals surface area contributed by atoms with Crippen molar-refractivity contribution in [3.63, 3.8) is 0 Å². The monoisotopic (exact) mass is 279 g/mol. The van der Waals surface area contributed by atoms with Gasteiger partial charge in [-0.05, 0) is 44.5 Å². The van der Waals surface area contributed by atoms with Gasteiger partial charge in [0.05, 0.1) is 19.4 Å². The van der Waals surface area contributed by atoms with Gasteiger partial charge in [-0.3, -0.25) is 9.69 Å². The number of piperidine rings is 1. The van der Waals surface area contributed by atoms with E-state index in [0.717, 1.165) is 31.8 Å². The number of nitrogens with zero attached hydrogens (tertiary/aromatic N) is 1. The lowest BCUT2D eigenvalue weighted by molar-refractivity contribution is -0.123. The van der Waals surface area contributed by atoms with E-state index in [1.54, 1.807) is 6.26 Å². The summed E-state index contributed by atoms with van der Waals surface area (Å²) in [5, 5.41) is 6.33. The Labute approximate surface area is 120 Å². The Morgan fingerprint density at radius 2 is 2.50 bits per heavy atom. The minimum absolute atomic E-state index is 0.0698. The maximum Gasteiger partial charge on any atom is 0.234 e. The number of hydrogen-bond donors (Lipinski definition) is 2. The van der Waals surface area contributed by atoms with Crippen LogP contribution >= 0.6 is 0 Å². The maximum absolute atomic E-state index is 12.1. The first-order chi connectivity index (χ1) is 9.79. The Balaban J connectivity index is 1.78. The summed E-state index contributed by atoms with van der Waals surface area (Å²) in [6, 6.07) is 4.19. The van der Waals surface area contributed by atoms with Crippen molar-refractivity contribution in [3.05, 3.63) is 24.2 Å². The lowest BCUT2D eigenvalue weighted by Crippen LogP contribution is -2.49. The van der Waals surface area contributed by atoms with Crippen molar-refractivity contribution in [1.82, 2.24) is 15.5 Å². The third-order valence-electron chi connectivity index (χ3n) is 3.68. The first kappa shape index (κ1) is 15.1. The van der Waals surface area contributed by atoms with Gasteiger partial charge in [0.15, 0.2) is 0 Å². The zero-order valence-corrected chi connectivity index (χ0v) is 12.2. The van der Waals surface area contributed by atoms with E-state index < -0.39 is 0 Å². The van der Waals surface area contributed by atoms with Gasteiger partial charge in [0, 0.05) is 12.6 Å². The lowest BCUT2D eigenvalue weighted by atomic mass is 10.1. The van der Waals surface area contributed by atoms with Crippen molar-refractivity contribution in [3.8, 4) is 0 Å². The summed E-state index contributed by atoms with van der Waals surface area (Å²) in [5.41, 5.74) is 0. The summed E-state index contributed by atoms with van der Waals surface area (Å²) in [5.74, 6) is 0.861. The van der Waals surface area contributed by atoms with Gasteiger partial charge in [-0.15, -0.1) is 0 Å². The number of hydrogen-bond acceptors (Lipinski definition) is 4. The maximum atomic E-state index is 12.1. The first-order valence-corrected chi connectivity index (χ1v) is 7.53. The van der Waals surface area contributed by atoms with Crippen LogP contribution in [-0.4, -0.2) is 43.0 Å². The van der Waals surface area contributed by atoms with Crippen molar-refractivity contribution in [2.45, 2.75) is 38.8 Å². The van der Waals surface area contributed by atoms with Gasteiger partial charge < -0.3 is 15.1 Å². The molecule has 0 saturated carbocycles. The van der Waals surface area contributed by atoms with Crippen LogP contribution < -0.4 is 10.6 Å². The quantitative estimate of drug-likeness (QED) is 0.791. The molecule has 1 amide bonds. The Hall–Kier alpha value is -1.33. The second-order valence-electron chi connectivity index (χ2n) is 5.33. The third-order valence-corrected chi connectivity index (χ3v) is 3.68. The van der Waals surface area contributed by atoms with Gasteiger partial charge in [0.25, 0.3) is 0 Å². The largest absolute Gasteiger partial charge is 0.467 e. The first-order valence-electron chi connectivity index (χ1n) is 7.53. The summed E-state index contributed by atoms with van der Waals surface area (Å²) < 4.78 is 5.21. The highest BCUT2D eigenvalue weighted by Crippen LogP contribution is 2.10. The summed E-state index contributed by atoms with van der Waals surface area (Å²) in [6.07, 6.45) is 5.07. The normalized spacial score (nSPS) is 19.2. The van der Waals surface area contributed by atoms with Gasteiger partial charge in [-0.2, -0.15) is 0 Å². The van der Waals surface area contributed by atoms with E-state index in [1.807, 2.05) is 12.1 Å². The van der Waals surface area contributed by atoms with Crippen LogP contribution in [0.5, 0.6) is 0 Å². The molecule has 0 aliphatic carbocycles. The molecule has 1 fully saturated rings. The van der Waals surface area contributed by atoms with Gasteiger partial charge in [0.1, 0.15) is 5.76 Å². The molecule has 1 atom stereocenters. The van der Waals surface area contributed by atoms with Gasteiger partial charge >= 0.3 is 0 Å². The van der Waals surface area contributed by atoms with E-state index >= 15 is 0 Å². The SMILES string of the molecule is CCCN(CC(=O)NCc1ccco1)C1CCCNC1. The molecule has 112 valence electrons. The Morgan fingerprint density at radius 3 is 3.15 bits per heavy atom. The molecule has 2 heterocycles. The van der Waals surface area contributed by atoms with Crippen LogP contribution in [0.2, 0.25) is 0 Å². The second kappa shape index (κ2) is 8.07. The van der Waals surface area contributed by atoms with Crippen LogP contribution in [0, 0.1) is 0 Å². The van der Waals surface area contributed by atoms with Crippen molar-refractivity contribution in [1.29, 1.82) is 0 Å². The van der Waals surface area contributed by atoms with E-state index in [2.05, 4.69) is 22.5 Å². The van der Waals surface area contributed by atoms with Crippen LogP contribution in [0.15, 0.2) is 22.8 Å². The highest BCUT2D eigenvalue weighted by molar-refractivity contribution is 5.78. The minimum atomic E-state index is 0.0698. The summed E-state index contributed by atoms with van der Waals surface area (Å²) >= 11 is 0. The molecule has 5 heteroatoms. The van der Waals surface area contributed by atoms with Crippen LogP contribution in [0.1, 0.15) is 31.9 Å². The Morgan fingerprint density at radius 1 is 1.60 bits per heavy atom. The summed E-state index contributed by atoms with van der Waals surface area (Å²) in [6.45, 7) is 6.16. The standard InChI is InChI=1S/C15H25N3O2/c1-2-8-18(13-5-3-7-16-10-13)12-15(19)17-11-14-6-4-9-20-14/h4,6,9,13,16H,2-3,5,7-8,10-12H2,1H3,(H,17,19). The average Bonchev–Trinajstić information content (AvgIpc) is 2.99. The highest BCUT2D eigenvalue weighted by atomic mass is 16.3. The molecule has 0 bridgehead atoms. The van der Waals surface area contributed by atoms with Crippen LogP contribution in [0.4, 0.5) is 0 Å². The molecular weight excluding hydrogens is 254 g/mol. The molecule has 1 aromatic rings. The number of amides is 1. The molecule has 0 spiro atoms. The molecule has 1 unspecified atom stereocenters. The molecule has 2 N–H and O–H groups in total. The Kier molecular flexibility index (Phi) is 6.08. The van der Waals surface area contributed by atoms with E-state index in [0.29, 0.717) is 19.1 Å². The molecule has 0 radical (unpaired) electrons. The van der Waals surface area contributed by atoms with Crippen molar-refractivity contribution >= 4 is 5.91 Å². The van der Waals surface area contributed by atoms with Crippen molar-refractivity contribution < 1.29 is 9.21 Å². The van der Waals surface area contributed by atoms with Crippen LogP contribution in [-0.2, 0) is 11.3 Å². The number of carbonyl (C=O) groups excluding carboxylic acids is 1. The second-order valence-corrected chi connectivity index (χ2v) is 5.33. The van der Waals surface area contributed by atoms with Gasteiger partial charge in [0.2, 0.25) is 5.91 Å². The van der Waals surface area contributed by atoms with E-state index in [1.165, 1.54) is 12.8 Å². The average molecular weight is 279 g/mol. The topological polar surface area (TPSA) is 57.5 Å². The molecule has 1 aliphatic rings. The van der Waals surface area contributed by atoms with E-state index in [9.17, 15) is 4.79 Å². The zero-order valence-electron chi connectivity index (χ0n) is 12.2. The van der Waals surface area contributed by atoms with Gasteiger partial charge in [-0.1, -0.05) is 6.92 Å². The van der Waals surface area contributed by atoms with Crippen LogP contribution in [0.25, 0.3) is 0 Å². The molecule has 1 aliphatic heterocycles. The van der Waals surface area contributed by atoms with Crippen molar-refractivity contribution in [2.75, 3.05) is 26.2 Å². The lowest BCUT2D eigenvalue weighted by Gasteiger charge is -2.34. The fourth-order valence-corrected chi connectivity index (χ4v) is 2.66. The predicted molar refractivity (Wildman–Crippen MR) is 78.3 cm³/mol. The zero-order chi connectivity index (χ0) is 14.2. The number of carbonyl (C=O) groups is 1. The van der Waals surface area contributed by atoms with E-state index in [-0.39, 0.29) is 5.91 Å². The molecule has 5 nitrogen and oxygen atoms in total. The molecule has 2 rings (SSSR count). The molecule has 20 heavy (non-hydrogen) atoms. The smallest absolute Gasteiger partial charge is 0.234 e. The van der Waals surface area contributed by atoms with Crippen molar-refractivity contribution in [2.24, 2.45) is 0 Å². The summed E-state index contributed by atoms with van der Waals surface area (Å²) in [4.78, 5) is 14.3. The van der Waals surface area contributed by atoms with Crippen LogP contribution in [0.3, 0.4) is 0 Å². The molecule has 0 aromatic carbocycles. The minimum Gasteiger partial charge on any atom is -0.467 e. The number of furan rings is 1. The highest BCUT2D eigenvalue weighted by Gasteiger charge is 2.22. The predicted octanol–water partition coefficient (Wildman–Crippen LogP) is 1.36.